The van der Waals surface area contributed by atoms with Crippen LogP contribution < -0.4 is 5.32 Å². The van der Waals surface area contributed by atoms with E-state index in [9.17, 15) is 19.4 Å². The molecule has 1 saturated heterocycles. The largest absolute Gasteiger partial charge is 0.396 e. The van der Waals surface area contributed by atoms with Crippen LogP contribution in [0.1, 0.15) is 27.2 Å². The summed E-state index contributed by atoms with van der Waals surface area (Å²) < 4.78 is 14.6. The molecule has 118 valence electrons. The van der Waals surface area contributed by atoms with E-state index in [-0.39, 0.29) is 19.1 Å². The van der Waals surface area contributed by atoms with Crippen LogP contribution in [0, 0.1) is 11.8 Å². The molecule has 1 fully saturated rings. The van der Waals surface area contributed by atoms with Gasteiger partial charge in [0.05, 0.1) is 12.1 Å². The van der Waals surface area contributed by atoms with Gasteiger partial charge in [-0.05, 0) is 5.92 Å². The van der Waals surface area contributed by atoms with Gasteiger partial charge in [-0.2, -0.15) is 0 Å². The van der Waals surface area contributed by atoms with Gasteiger partial charge in [-0.3, -0.25) is 0 Å². The minimum atomic E-state index is -1.65. The lowest BCUT2D eigenvalue weighted by Crippen LogP contribution is -2.60. The van der Waals surface area contributed by atoms with Gasteiger partial charge in [0.1, 0.15) is 12.4 Å². The number of aliphatic hydroxyl groups is 3. The molecule has 4 N–H and O–H groups in total. The van der Waals surface area contributed by atoms with Crippen molar-refractivity contribution in [1.29, 1.82) is 0 Å². The number of alkyl halides is 1. The van der Waals surface area contributed by atoms with Crippen LogP contribution in [0.25, 0.3) is 0 Å². The summed E-state index contributed by atoms with van der Waals surface area (Å²) in [5.74, 6) is -0.809. The second kappa shape index (κ2) is 7.19. The van der Waals surface area contributed by atoms with Gasteiger partial charge in [0.25, 0.3) is 0 Å². The standard InChI is InChI=1S/C13H25FN2O4/c1-7(2)11(10(14)12(19)8(3)6-17)16-5-4-9(18)15-13(16)20/h7-12,17-19H,4-6H2,1-3H3,(H,15,20)/t8-,9-,10-,11-,12-/m1/s1. The number of rotatable bonds is 6. The number of hydrogen-bond acceptors (Lipinski definition) is 4. The predicted octanol–water partition coefficient (Wildman–Crippen LogP) is 0.0721. The molecular formula is C13H25FN2O4. The van der Waals surface area contributed by atoms with Crippen LogP contribution in [-0.4, -0.2) is 63.9 Å². The van der Waals surface area contributed by atoms with Crippen molar-refractivity contribution in [2.75, 3.05) is 13.2 Å². The normalized spacial score (nSPS) is 26.1. The Morgan fingerprint density at radius 1 is 1.45 bits per heavy atom. The number of carbonyl (C=O) groups excluding carboxylic acids is 1. The number of nitrogens with zero attached hydrogens (tertiary/aromatic N) is 1. The van der Waals surface area contributed by atoms with E-state index in [1.165, 1.54) is 4.90 Å². The molecular weight excluding hydrogens is 267 g/mol. The van der Waals surface area contributed by atoms with Gasteiger partial charge in [0.2, 0.25) is 0 Å². The van der Waals surface area contributed by atoms with E-state index in [1.54, 1.807) is 20.8 Å². The molecule has 0 aliphatic carbocycles. The number of carbonyl (C=O) groups is 1. The molecule has 2 amide bonds. The van der Waals surface area contributed by atoms with Crippen molar-refractivity contribution in [2.24, 2.45) is 11.8 Å². The molecule has 5 atom stereocenters. The molecule has 7 heteroatoms. The van der Waals surface area contributed by atoms with Crippen molar-refractivity contribution < 1.29 is 24.5 Å². The molecule has 1 aliphatic heterocycles. The third-order valence-corrected chi connectivity index (χ3v) is 3.76. The summed E-state index contributed by atoms with van der Waals surface area (Å²) in [4.78, 5) is 13.2. The maximum Gasteiger partial charge on any atom is 0.319 e. The second-order valence-corrected chi connectivity index (χ2v) is 5.78. The fourth-order valence-corrected chi connectivity index (χ4v) is 2.47. The fraction of sp³-hybridized carbons (Fsp3) is 0.923. The Morgan fingerprint density at radius 2 is 2.05 bits per heavy atom. The number of amides is 2. The van der Waals surface area contributed by atoms with Gasteiger partial charge in [-0.15, -0.1) is 0 Å². The predicted molar refractivity (Wildman–Crippen MR) is 71.6 cm³/mol. The van der Waals surface area contributed by atoms with E-state index in [0.717, 1.165) is 0 Å². The Morgan fingerprint density at radius 3 is 2.50 bits per heavy atom. The first kappa shape index (κ1) is 17.1. The van der Waals surface area contributed by atoms with Gasteiger partial charge in [0, 0.05) is 25.5 Å². The van der Waals surface area contributed by atoms with Gasteiger partial charge < -0.3 is 25.5 Å². The molecule has 0 bridgehead atoms. The molecule has 0 radical (unpaired) electrons. The second-order valence-electron chi connectivity index (χ2n) is 5.78. The zero-order valence-electron chi connectivity index (χ0n) is 12.2. The molecule has 0 spiro atoms. The highest BCUT2D eigenvalue weighted by atomic mass is 19.1. The van der Waals surface area contributed by atoms with Crippen molar-refractivity contribution in [2.45, 2.75) is 51.7 Å². The van der Waals surface area contributed by atoms with E-state index in [0.29, 0.717) is 6.42 Å². The van der Waals surface area contributed by atoms with Crippen molar-refractivity contribution in [3.63, 3.8) is 0 Å². The van der Waals surface area contributed by atoms with Crippen LogP contribution in [0.2, 0.25) is 0 Å². The highest BCUT2D eigenvalue weighted by molar-refractivity contribution is 5.75. The van der Waals surface area contributed by atoms with E-state index < -0.39 is 36.5 Å². The van der Waals surface area contributed by atoms with Gasteiger partial charge in [0.15, 0.2) is 0 Å². The maximum absolute atomic E-state index is 14.6. The van der Waals surface area contributed by atoms with Crippen LogP contribution in [0.5, 0.6) is 0 Å². The Balaban J connectivity index is 2.85. The number of urea groups is 1. The summed E-state index contributed by atoms with van der Waals surface area (Å²) in [7, 11) is 0. The summed E-state index contributed by atoms with van der Waals surface area (Å²) in [6, 6.07) is -1.33. The summed E-state index contributed by atoms with van der Waals surface area (Å²) in [5.41, 5.74) is 0. The third kappa shape index (κ3) is 3.80. The van der Waals surface area contributed by atoms with E-state index in [1.807, 2.05) is 0 Å². The van der Waals surface area contributed by atoms with Crippen LogP contribution in [0.3, 0.4) is 0 Å². The molecule has 1 heterocycles. The monoisotopic (exact) mass is 292 g/mol. The first-order valence-corrected chi connectivity index (χ1v) is 6.97. The average Bonchev–Trinajstić information content (AvgIpc) is 2.39. The molecule has 20 heavy (non-hydrogen) atoms. The molecule has 1 aliphatic rings. The lowest BCUT2D eigenvalue weighted by Gasteiger charge is -2.41. The zero-order valence-corrected chi connectivity index (χ0v) is 12.2. The van der Waals surface area contributed by atoms with E-state index >= 15 is 0 Å². The molecule has 0 aromatic rings. The number of nitrogens with one attached hydrogen (secondary N) is 1. The SMILES string of the molecule is CC(C)[C@H]([C@@H](F)[C@H](O)[C@H](C)CO)N1CC[C@@H](O)NC1=O. The molecule has 0 aromatic heterocycles. The van der Waals surface area contributed by atoms with Gasteiger partial charge in [-0.1, -0.05) is 20.8 Å². The summed E-state index contributed by atoms with van der Waals surface area (Å²) >= 11 is 0. The van der Waals surface area contributed by atoms with Crippen molar-refractivity contribution >= 4 is 6.03 Å². The van der Waals surface area contributed by atoms with Crippen molar-refractivity contribution in [3.05, 3.63) is 0 Å². The van der Waals surface area contributed by atoms with E-state index in [4.69, 9.17) is 5.11 Å². The molecule has 1 rings (SSSR count). The topological polar surface area (TPSA) is 93.0 Å². The fourth-order valence-electron chi connectivity index (χ4n) is 2.47. The smallest absolute Gasteiger partial charge is 0.319 e. The van der Waals surface area contributed by atoms with Gasteiger partial charge >= 0.3 is 6.03 Å². The molecule has 0 saturated carbocycles. The molecule has 6 nitrogen and oxygen atoms in total. The molecule has 0 unspecified atom stereocenters. The Kier molecular flexibility index (Phi) is 6.16. The van der Waals surface area contributed by atoms with E-state index in [2.05, 4.69) is 5.32 Å². The third-order valence-electron chi connectivity index (χ3n) is 3.76. The van der Waals surface area contributed by atoms with Crippen LogP contribution in [0.15, 0.2) is 0 Å². The average molecular weight is 292 g/mol. The summed E-state index contributed by atoms with van der Waals surface area (Å²) in [6.07, 6.45) is -3.59. The molecule has 0 aromatic carbocycles. The van der Waals surface area contributed by atoms with Crippen LogP contribution >= 0.6 is 0 Å². The van der Waals surface area contributed by atoms with Crippen LogP contribution in [-0.2, 0) is 0 Å². The highest BCUT2D eigenvalue weighted by Crippen LogP contribution is 2.25. The summed E-state index contributed by atoms with van der Waals surface area (Å²) in [5, 5.41) is 30.7. The van der Waals surface area contributed by atoms with Crippen molar-refractivity contribution in [3.8, 4) is 0 Å². The Labute approximate surface area is 118 Å². The summed E-state index contributed by atoms with van der Waals surface area (Å²) in [6.45, 7) is 5.00. The van der Waals surface area contributed by atoms with Crippen molar-refractivity contribution in [1.82, 2.24) is 10.2 Å². The van der Waals surface area contributed by atoms with Crippen LogP contribution in [0.4, 0.5) is 9.18 Å². The first-order valence-electron chi connectivity index (χ1n) is 6.97. The number of halogens is 1. The quantitative estimate of drug-likeness (QED) is 0.557. The lowest BCUT2D eigenvalue weighted by atomic mass is 9.89. The number of aliphatic hydroxyl groups excluding tert-OH is 3. The highest BCUT2D eigenvalue weighted by Gasteiger charge is 2.40. The number of hydrogen-bond donors (Lipinski definition) is 4. The zero-order chi connectivity index (χ0) is 15.4. The Bertz CT molecular complexity index is 329. The Hall–Kier alpha value is -0.920. The first-order chi connectivity index (χ1) is 9.29. The lowest BCUT2D eigenvalue weighted by molar-refractivity contribution is -0.0385. The maximum atomic E-state index is 14.6. The minimum Gasteiger partial charge on any atom is -0.396 e. The minimum absolute atomic E-state index is 0.202. The van der Waals surface area contributed by atoms with Gasteiger partial charge in [-0.25, -0.2) is 9.18 Å².